The summed E-state index contributed by atoms with van der Waals surface area (Å²) in [4.78, 5) is 34.6. The number of thiazole rings is 1. The summed E-state index contributed by atoms with van der Waals surface area (Å²) >= 11 is 4.90. The molecule has 0 bridgehead atoms. The molecule has 2 aromatic carbocycles. The number of benzene rings is 2. The highest BCUT2D eigenvalue weighted by Crippen LogP contribution is 2.36. The van der Waals surface area contributed by atoms with Gasteiger partial charge in [-0.3, -0.25) is 14.2 Å². The largest absolute Gasteiger partial charge is 0.496 e. The van der Waals surface area contributed by atoms with Crippen LogP contribution >= 0.6 is 27.3 Å². The maximum atomic E-state index is 13.8. The maximum absolute atomic E-state index is 13.8. The predicted octanol–water partition coefficient (Wildman–Crippen LogP) is 4.18. The normalized spacial score (nSPS) is 15.6. The van der Waals surface area contributed by atoms with E-state index >= 15 is 0 Å². The molecule has 0 N–H and O–H groups in total. The second-order valence-electron chi connectivity index (χ2n) is 8.31. The lowest BCUT2D eigenvalue weighted by Crippen LogP contribution is -2.43. The highest BCUT2D eigenvalue weighted by Gasteiger charge is 2.35. The Bertz CT molecular complexity index is 1500. The molecule has 1 aliphatic rings. The minimum absolute atomic E-state index is 0.121. The van der Waals surface area contributed by atoms with Crippen molar-refractivity contribution in [3.05, 3.63) is 94.6 Å². The fourth-order valence-corrected chi connectivity index (χ4v) is 5.76. The number of halogens is 1. The summed E-state index contributed by atoms with van der Waals surface area (Å²) < 4.78 is 8.83. The van der Waals surface area contributed by atoms with Crippen LogP contribution in [0.15, 0.2) is 68.0 Å². The Labute approximate surface area is 217 Å². The van der Waals surface area contributed by atoms with Crippen LogP contribution in [0.25, 0.3) is 6.08 Å². The van der Waals surface area contributed by atoms with Crippen molar-refractivity contribution < 1.29 is 9.53 Å². The number of aryl methyl sites for hydroxylation is 1. The molecular weight excluding hydrogens is 526 g/mol. The second kappa shape index (κ2) is 10.3. The molecule has 0 saturated heterocycles. The summed E-state index contributed by atoms with van der Waals surface area (Å²) in [5.74, 6) is 0.498. The quantitative estimate of drug-likeness (QED) is 0.460. The van der Waals surface area contributed by atoms with E-state index in [9.17, 15) is 9.59 Å². The summed E-state index contributed by atoms with van der Waals surface area (Å²) in [6.07, 6.45) is 1.87. The van der Waals surface area contributed by atoms with Crippen molar-refractivity contribution in [2.45, 2.75) is 33.7 Å². The van der Waals surface area contributed by atoms with Crippen LogP contribution in [0.5, 0.6) is 5.75 Å². The van der Waals surface area contributed by atoms with Gasteiger partial charge in [-0.15, -0.1) is 0 Å². The number of aromatic nitrogens is 1. The molecule has 1 atom stereocenters. The van der Waals surface area contributed by atoms with Crippen LogP contribution in [-0.4, -0.2) is 35.6 Å². The van der Waals surface area contributed by atoms with Gasteiger partial charge in [0, 0.05) is 23.1 Å². The summed E-state index contributed by atoms with van der Waals surface area (Å²) in [5, 5.41) is 0. The number of likely N-dealkylation sites (N-methyl/N-ethyl adjacent to an activating group) is 1. The van der Waals surface area contributed by atoms with Crippen LogP contribution in [0.3, 0.4) is 0 Å². The SMILES string of the molecule is CCN(CC)C(=O)C1=C(C)N=c2s/c(=C/c3ccc(C)c(Br)c3)c(=O)n2[C@@H]1c1ccccc1OC. The number of carbonyl (C=O) groups excluding carboxylic acids is 1. The Morgan fingerprint density at radius 2 is 1.91 bits per heavy atom. The first kappa shape index (κ1) is 25.1. The van der Waals surface area contributed by atoms with Crippen molar-refractivity contribution in [1.29, 1.82) is 0 Å². The number of rotatable bonds is 6. The van der Waals surface area contributed by atoms with Crippen molar-refractivity contribution in [3.8, 4) is 5.75 Å². The van der Waals surface area contributed by atoms with E-state index in [0.29, 0.717) is 39.4 Å². The zero-order chi connectivity index (χ0) is 25.3. The van der Waals surface area contributed by atoms with Gasteiger partial charge >= 0.3 is 0 Å². The van der Waals surface area contributed by atoms with Crippen molar-refractivity contribution in [2.75, 3.05) is 20.2 Å². The third kappa shape index (κ3) is 4.65. The standard InChI is InChI=1S/C27H28BrN3O3S/c1-6-30(7-2)26(33)23-17(4)29-27-31(24(23)19-10-8-9-11-21(19)34-5)25(32)22(35-27)15-18-13-12-16(3)20(28)14-18/h8-15,24H,6-7H2,1-5H3/b22-15+/t24-/m1/s1. The lowest BCUT2D eigenvalue weighted by molar-refractivity contribution is -0.127. The van der Waals surface area contributed by atoms with E-state index in [2.05, 4.69) is 15.9 Å². The first-order valence-electron chi connectivity index (χ1n) is 11.5. The fraction of sp³-hybridized carbons (Fsp3) is 0.296. The molecule has 4 rings (SSSR count). The molecule has 1 aromatic heterocycles. The zero-order valence-corrected chi connectivity index (χ0v) is 22.9. The first-order valence-corrected chi connectivity index (χ1v) is 13.1. The van der Waals surface area contributed by atoms with E-state index < -0.39 is 6.04 Å². The van der Waals surface area contributed by atoms with Gasteiger partial charge in [0.25, 0.3) is 11.5 Å². The molecule has 182 valence electrons. The Balaban J connectivity index is 1.99. The van der Waals surface area contributed by atoms with Crippen LogP contribution in [0.2, 0.25) is 0 Å². The molecular formula is C27H28BrN3O3S. The monoisotopic (exact) mass is 553 g/mol. The number of nitrogens with zero attached hydrogens (tertiary/aromatic N) is 3. The number of methoxy groups -OCH3 is 1. The van der Waals surface area contributed by atoms with Crippen molar-refractivity contribution in [1.82, 2.24) is 9.47 Å². The van der Waals surface area contributed by atoms with E-state index in [4.69, 9.17) is 9.73 Å². The molecule has 1 amide bonds. The molecule has 0 aliphatic carbocycles. The summed E-state index contributed by atoms with van der Waals surface area (Å²) in [5.41, 5.74) is 3.72. The molecule has 6 nitrogen and oxygen atoms in total. The third-order valence-corrected chi connectivity index (χ3v) is 8.07. The number of fused-ring (bicyclic) bond motifs is 1. The Hall–Kier alpha value is -2.97. The second-order valence-corrected chi connectivity index (χ2v) is 10.2. The topological polar surface area (TPSA) is 63.9 Å². The molecule has 1 aliphatic heterocycles. The van der Waals surface area contributed by atoms with E-state index in [1.165, 1.54) is 11.3 Å². The highest BCUT2D eigenvalue weighted by molar-refractivity contribution is 9.10. The number of amides is 1. The first-order chi connectivity index (χ1) is 16.8. The highest BCUT2D eigenvalue weighted by atomic mass is 79.9. The number of hydrogen-bond acceptors (Lipinski definition) is 5. The lowest BCUT2D eigenvalue weighted by Gasteiger charge is -2.29. The number of allylic oxidation sites excluding steroid dienone is 1. The van der Waals surface area contributed by atoms with Gasteiger partial charge in [0.15, 0.2) is 4.80 Å². The van der Waals surface area contributed by atoms with E-state index in [1.54, 1.807) is 16.6 Å². The minimum Gasteiger partial charge on any atom is -0.496 e. The lowest BCUT2D eigenvalue weighted by atomic mass is 9.94. The van der Waals surface area contributed by atoms with Crippen LogP contribution in [-0.2, 0) is 4.79 Å². The minimum atomic E-state index is -0.637. The summed E-state index contributed by atoms with van der Waals surface area (Å²) in [6.45, 7) is 8.89. The Kier molecular flexibility index (Phi) is 7.42. The van der Waals surface area contributed by atoms with Crippen LogP contribution in [0.4, 0.5) is 0 Å². The average Bonchev–Trinajstić information content (AvgIpc) is 3.15. The Morgan fingerprint density at radius 1 is 1.20 bits per heavy atom. The van der Waals surface area contributed by atoms with Gasteiger partial charge in [0.1, 0.15) is 11.8 Å². The Morgan fingerprint density at radius 3 is 2.57 bits per heavy atom. The van der Waals surface area contributed by atoms with Gasteiger partial charge in [0.05, 0.1) is 22.9 Å². The molecule has 8 heteroatoms. The molecule has 2 heterocycles. The van der Waals surface area contributed by atoms with E-state index in [1.807, 2.05) is 76.2 Å². The average molecular weight is 555 g/mol. The van der Waals surface area contributed by atoms with Gasteiger partial charge in [0.2, 0.25) is 0 Å². The smallest absolute Gasteiger partial charge is 0.271 e. The van der Waals surface area contributed by atoms with Crippen LogP contribution in [0, 0.1) is 6.92 Å². The molecule has 0 saturated carbocycles. The van der Waals surface area contributed by atoms with Crippen LogP contribution in [0.1, 0.15) is 43.5 Å². The van der Waals surface area contributed by atoms with Crippen molar-refractivity contribution in [3.63, 3.8) is 0 Å². The zero-order valence-electron chi connectivity index (χ0n) is 20.5. The summed E-state index contributed by atoms with van der Waals surface area (Å²) in [6, 6.07) is 12.9. The van der Waals surface area contributed by atoms with Crippen molar-refractivity contribution >= 4 is 39.2 Å². The van der Waals surface area contributed by atoms with Gasteiger partial charge in [-0.1, -0.05) is 57.6 Å². The van der Waals surface area contributed by atoms with Crippen LogP contribution < -0.4 is 19.6 Å². The fourth-order valence-electron chi connectivity index (χ4n) is 4.31. The van der Waals surface area contributed by atoms with E-state index in [-0.39, 0.29) is 11.5 Å². The van der Waals surface area contributed by atoms with Gasteiger partial charge < -0.3 is 9.64 Å². The summed E-state index contributed by atoms with van der Waals surface area (Å²) in [7, 11) is 1.60. The maximum Gasteiger partial charge on any atom is 0.271 e. The van der Waals surface area contributed by atoms with E-state index in [0.717, 1.165) is 21.2 Å². The molecule has 0 fully saturated rings. The molecule has 0 radical (unpaired) electrons. The predicted molar refractivity (Wildman–Crippen MR) is 144 cm³/mol. The van der Waals surface area contributed by atoms with Gasteiger partial charge in [-0.25, -0.2) is 4.99 Å². The number of carbonyl (C=O) groups is 1. The van der Waals surface area contributed by atoms with Gasteiger partial charge in [-0.2, -0.15) is 0 Å². The third-order valence-electron chi connectivity index (χ3n) is 6.23. The number of ether oxygens (including phenoxy) is 1. The number of para-hydroxylation sites is 1. The molecule has 0 unspecified atom stereocenters. The molecule has 0 spiro atoms. The number of hydrogen-bond donors (Lipinski definition) is 0. The molecule has 3 aromatic rings. The van der Waals surface area contributed by atoms with Crippen molar-refractivity contribution in [2.24, 2.45) is 4.99 Å². The van der Waals surface area contributed by atoms with Gasteiger partial charge in [-0.05, 0) is 57.0 Å². The molecule has 35 heavy (non-hydrogen) atoms.